The van der Waals surface area contributed by atoms with Gasteiger partial charge in [-0.2, -0.15) is 0 Å². The molecule has 1 heterocycles. The van der Waals surface area contributed by atoms with E-state index in [2.05, 4.69) is 204 Å². The molecule has 226 valence electrons. The van der Waals surface area contributed by atoms with Crippen LogP contribution >= 0.6 is 0 Å². The summed E-state index contributed by atoms with van der Waals surface area (Å²) in [7, 11) is 0. The topological polar surface area (TPSA) is 8.17 Å². The van der Waals surface area contributed by atoms with Gasteiger partial charge in [-0.05, 0) is 82.1 Å². The summed E-state index contributed by atoms with van der Waals surface area (Å²) in [6.07, 6.45) is 0. The van der Waals surface area contributed by atoms with E-state index in [4.69, 9.17) is 0 Å². The monoisotopic (exact) mass is 612 g/mol. The van der Waals surface area contributed by atoms with Gasteiger partial charge in [0.05, 0.1) is 16.7 Å². The van der Waals surface area contributed by atoms with Crippen molar-refractivity contribution in [2.24, 2.45) is 0 Å². The number of hydrogen-bond acceptors (Lipinski definition) is 1. The highest BCUT2D eigenvalue weighted by atomic mass is 15.1. The number of hydrogen-bond donors (Lipinski definition) is 0. The molecule has 9 rings (SSSR count). The molecule has 8 aromatic carbocycles. The molecule has 0 bridgehead atoms. The van der Waals surface area contributed by atoms with Crippen molar-refractivity contribution in [3.63, 3.8) is 0 Å². The van der Waals surface area contributed by atoms with Gasteiger partial charge in [0.2, 0.25) is 0 Å². The van der Waals surface area contributed by atoms with Crippen LogP contribution in [0.2, 0.25) is 0 Å². The van der Waals surface area contributed by atoms with Gasteiger partial charge >= 0.3 is 0 Å². The van der Waals surface area contributed by atoms with Crippen LogP contribution in [0.1, 0.15) is 0 Å². The molecule has 2 heteroatoms. The number of rotatable bonds is 6. The number of fused-ring (bicyclic) bond motifs is 4. The van der Waals surface area contributed by atoms with E-state index in [9.17, 15) is 0 Å². The standard InChI is InChI=1S/C46H32N2/c1-2-13-36(14-3-1)41-16-6-9-19-44(41)47(40-31-26-33-12-4-5-15-37(33)32-40)38-27-22-34(23-28-38)35-24-29-39(30-25-35)48-45-20-10-7-17-42(45)43-18-8-11-21-46(43)48/h1-32H. The normalized spacial score (nSPS) is 11.3. The predicted octanol–water partition coefficient (Wildman–Crippen LogP) is 12.7. The minimum absolute atomic E-state index is 1.11. The highest BCUT2D eigenvalue weighted by molar-refractivity contribution is 6.09. The van der Waals surface area contributed by atoms with Crippen LogP contribution in [-0.4, -0.2) is 4.57 Å². The summed E-state index contributed by atoms with van der Waals surface area (Å²) >= 11 is 0. The Hall–Kier alpha value is -6.38. The highest BCUT2D eigenvalue weighted by Gasteiger charge is 2.18. The lowest BCUT2D eigenvalue weighted by Crippen LogP contribution is -2.11. The van der Waals surface area contributed by atoms with E-state index in [0.29, 0.717) is 0 Å². The lowest BCUT2D eigenvalue weighted by Gasteiger charge is -2.28. The van der Waals surface area contributed by atoms with Gasteiger partial charge in [0.1, 0.15) is 0 Å². The first-order chi connectivity index (χ1) is 23.8. The largest absolute Gasteiger partial charge is 0.310 e. The maximum atomic E-state index is 2.38. The SMILES string of the molecule is c1ccc(-c2ccccc2N(c2ccc(-c3ccc(-n4c5ccccc5c5ccccc54)cc3)cc2)c2ccc3ccccc3c2)cc1. The molecule has 0 aliphatic carbocycles. The lowest BCUT2D eigenvalue weighted by molar-refractivity contribution is 1.18. The molecule has 1 aromatic heterocycles. The second kappa shape index (κ2) is 11.8. The lowest BCUT2D eigenvalue weighted by atomic mass is 10.0. The molecular formula is C46H32N2. The summed E-state index contributed by atoms with van der Waals surface area (Å²) in [6, 6.07) is 69.8. The van der Waals surface area contributed by atoms with E-state index in [1.807, 2.05) is 0 Å². The van der Waals surface area contributed by atoms with Crippen LogP contribution in [0.15, 0.2) is 194 Å². The van der Waals surface area contributed by atoms with Crippen LogP contribution < -0.4 is 4.90 Å². The minimum atomic E-state index is 1.11. The molecule has 0 saturated carbocycles. The summed E-state index contributed by atoms with van der Waals surface area (Å²) in [5.41, 5.74) is 11.7. The second-order valence-corrected chi connectivity index (χ2v) is 12.2. The van der Waals surface area contributed by atoms with Crippen molar-refractivity contribution in [2.45, 2.75) is 0 Å². The van der Waals surface area contributed by atoms with E-state index in [0.717, 1.165) is 22.7 Å². The fourth-order valence-corrected chi connectivity index (χ4v) is 7.08. The number of aromatic nitrogens is 1. The number of anilines is 3. The van der Waals surface area contributed by atoms with Crippen molar-refractivity contribution < 1.29 is 0 Å². The van der Waals surface area contributed by atoms with Crippen LogP contribution in [0.5, 0.6) is 0 Å². The summed E-state index contributed by atoms with van der Waals surface area (Å²) in [5, 5.41) is 5.00. The van der Waals surface area contributed by atoms with Gasteiger partial charge < -0.3 is 9.47 Å². The van der Waals surface area contributed by atoms with Crippen molar-refractivity contribution in [2.75, 3.05) is 4.90 Å². The molecular weight excluding hydrogens is 581 g/mol. The molecule has 0 radical (unpaired) electrons. The Bertz CT molecular complexity index is 2490. The average molecular weight is 613 g/mol. The molecule has 9 aromatic rings. The first-order valence-electron chi connectivity index (χ1n) is 16.4. The molecule has 0 atom stereocenters. The molecule has 0 aliphatic heterocycles. The molecule has 2 nitrogen and oxygen atoms in total. The quantitative estimate of drug-likeness (QED) is 0.181. The molecule has 0 unspecified atom stereocenters. The van der Waals surface area contributed by atoms with E-state index in [1.165, 1.54) is 54.8 Å². The maximum Gasteiger partial charge on any atom is 0.0541 e. The van der Waals surface area contributed by atoms with E-state index < -0.39 is 0 Å². The van der Waals surface area contributed by atoms with Crippen molar-refractivity contribution in [1.82, 2.24) is 4.57 Å². The van der Waals surface area contributed by atoms with E-state index in [1.54, 1.807) is 0 Å². The van der Waals surface area contributed by atoms with Crippen molar-refractivity contribution >= 4 is 49.6 Å². The van der Waals surface area contributed by atoms with Crippen molar-refractivity contribution in [3.8, 4) is 27.9 Å². The number of para-hydroxylation sites is 3. The van der Waals surface area contributed by atoms with Crippen molar-refractivity contribution in [3.05, 3.63) is 194 Å². The summed E-state index contributed by atoms with van der Waals surface area (Å²) in [6.45, 7) is 0. The zero-order valence-electron chi connectivity index (χ0n) is 26.4. The Balaban J connectivity index is 1.12. The van der Waals surface area contributed by atoms with Crippen LogP contribution in [0, 0.1) is 0 Å². The second-order valence-electron chi connectivity index (χ2n) is 12.2. The molecule has 0 spiro atoms. The first-order valence-corrected chi connectivity index (χ1v) is 16.4. The van der Waals surface area contributed by atoms with Gasteiger partial charge in [-0.25, -0.2) is 0 Å². The molecule has 0 aliphatic rings. The third-order valence-electron chi connectivity index (χ3n) is 9.39. The zero-order chi connectivity index (χ0) is 31.9. The Morgan fingerprint density at radius 3 is 1.60 bits per heavy atom. The molecule has 0 amide bonds. The summed E-state index contributed by atoms with van der Waals surface area (Å²) < 4.78 is 2.36. The van der Waals surface area contributed by atoms with Crippen LogP contribution in [-0.2, 0) is 0 Å². The molecule has 0 saturated heterocycles. The Morgan fingerprint density at radius 2 is 0.896 bits per heavy atom. The van der Waals surface area contributed by atoms with E-state index >= 15 is 0 Å². The molecule has 0 fully saturated rings. The first kappa shape index (κ1) is 27.9. The summed E-state index contributed by atoms with van der Waals surface area (Å²) in [5.74, 6) is 0. The highest BCUT2D eigenvalue weighted by Crippen LogP contribution is 2.42. The van der Waals surface area contributed by atoms with Gasteiger partial charge in [0.25, 0.3) is 0 Å². The molecule has 0 N–H and O–H groups in total. The third-order valence-corrected chi connectivity index (χ3v) is 9.39. The fourth-order valence-electron chi connectivity index (χ4n) is 7.08. The predicted molar refractivity (Wildman–Crippen MR) is 204 cm³/mol. The molecule has 48 heavy (non-hydrogen) atoms. The number of nitrogens with zero attached hydrogens (tertiary/aromatic N) is 2. The maximum absolute atomic E-state index is 2.38. The van der Waals surface area contributed by atoms with Crippen LogP contribution in [0.25, 0.3) is 60.5 Å². The van der Waals surface area contributed by atoms with Gasteiger partial charge in [-0.15, -0.1) is 0 Å². The van der Waals surface area contributed by atoms with E-state index in [-0.39, 0.29) is 0 Å². The average Bonchev–Trinajstić information content (AvgIpc) is 3.50. The van der Waals surface area contributed by atoms with Gasteiger partial charge in [0, 0.05) is 33.4 Å². The van der Waals surface area contributed by atoms with Gasteiger partial charge in [-0.3, -0.25) is 0 Å². The Morgan fingerprint density at radius 1 is 0.354 bits per heavy atom. The minimum Gasteiger partial charge on any atom is -0.310 e. The zero-order valence-corrected chi connectivity index (χ0v) is 26.4. The third kappa shape index (κ3) is 4.83. The Kier molecular flexibility index (Phi) is 6.84. The van der Waals surface area contributed by atoms with Crippen LogP contribution in [0.3, 0.4) is 0 Å². The van der Waals surface area contributed by atoms with Gasteiger partial charge in [0.15, 0.2) is 0 Å². The van der Waals surface area contributed by atoms with Crippen molar-refractivity contribution in [1.29, 1.82) is 0 Å². The smallest absolute Gasteiger partial charge is 0.0541 e. The van der Waals surface area contributed by atoms with Crippen LogP contribution in [0.4, 0.5) is 17.1 Å². The number of benzene rings is 8. The Labute approximate surface area is 280 Å². The van der Waals surface area contributed by atoms with Gasteiger partial charge in [-0.1, -0.05) is 140 Å². The summed E-state index contributed by atoms with van der Waals surface area (Å²) in [4.78, 5) is 2.38. The fraction of sp³-hybridized carbons (Fsp3) is 0.